The summed E-state index contributed by atoms with van der Waals surface area (Å²) >= 11 is 0. The summed E-state index contributed by atoms with van der Waals surface area (Å²) in [5.74, 6) is 0.636. The molecule has 152 valence electrons. The second kappa shape index (κ2) is 9.59. The number of hydrogen-bond donors (Lipinski definition) is 2. The molecule has 0 aliphatic heterocycles. The molecule has 2 N–H and O–H groups in total. The number of aryl methyl sites for hydroxylation is 1. The fourth-order valence-electron chi connectivity index (χ4n) is 2.72. The largest absolute Gasteiger partial charge is 0.493 e. The molecule has 2 aromatic rings. The van der Waals surface area contributed by atoms with E-state index in [4.69, 9.17) is 4.74 Å². The van der Waals surface area contributed by atoms with Gasteiger partial charge < -0.3 is 10.1 Å². The van der Waals surface area contributed by atoms with Crippen molar-refractivity contribution in [3.05, 3.63) is 53.1 Å². The van der Waals surface area contributed by atoms with Crippen LogP contribution in [-0.4, -0.2) is 26.7 Å². The third kappa shape index (κ3) is 5.99. The van der Waals surface area contributed by atoms with E-state index in [2.05, 4.69) is 10.0 Å². The number of benzene rings is 2. The minimum absolute atomic E-state index is 0.0543. The average Bonchev–Trinajstić information content (AvgIpc) is 2.62. The quantitative estimate of drug-likeness (QED) is 0.657. The predicted octanol–water partition coefficient (Wildman–Crippen LogP) is 4.17. The Bertz CT molecular complexity index is 939. The van der Waals surface area contributed by atoms with Gasteiger partial charge in [-0.25, -0.2) is 8.42 Å². The summed E-state index contributed by atoms with van der Waals surface area (Å²) in [6.07, 6.45) is 0.726. The highest BCUT2D eigenvalue weighted by Gasteiger charge is 2.13. The molecule has 0 fully saturated rings. The van der Waals surface area contributed by atoms with Crippen LogP contribution in [0, 0.1) is 20.8 Å². The molecule has 0 unspecified atom stereocenters. The van der Waals surface area contributed by atoms with Crippen LogP contribution in [0.15, 0.2) is 36.4 Å². The molecule has 28 heavy (non-hydrogen) atoms. The number of anilines is 2. The third-order valence-corrected chi connectivity index (χ3v) is 5.96. The highest BCUT2D eigenvalue weighted by atomic mass is 32.2. The maximum Gasteiger partial charge on any atom is 0.232 e. The summed E-state index contributed by atoms with van der Waals surface area (Å²) in [6, 6.07) is 11.0. The first-order chi connectivity index (χ1) is 13.2. The summed E-state index contributed by atoms with van der Waals surface area (Å²) < 4.78 is 32.3. The molecule has 0 saturated carbocycles. The molecular weight excluding hydrogens is 376 g/mol. The summed E-state index contributed by atoms with van der Waals surface area (Å²) in [4.78, 5) is 12.3. The fraction of sp³-hybridized carbons (Fsp3) is 0.381. The lowest BCUT2D eigenvalue weighted by molar-refractivity contribution is -0.116. The monoisotopic (exact) mass is 404 g/mol. The molecule has 0 spiro atoms. The lowest BCUT2D eigenvalue weighted by Crippen LogP contribution is -2.19. The minimum atomic E-state index is -3.39. The fourth-order valence-corrected chi connectivity index (χ4v) is 3.91. The number of amides is 1. The Hall–Kier alpha value is -2.54. The van der Waals surface area contributed by atoms with Crippen LogP contribution < -0.4 is 14.8 Å². The van der Waals surface area contributed by atoms with Gasteiger partial charge >= 0.3 is 0 Å². The van der Waals surface area contributed by atoms with Crippen molar-refractivity contribution >= 4 is 27.3 Å². The van der Waals surface area contributed by atoms with Gasteiger partial charge in [-0.15, -0.1) is 0 Å². The number of sulfonamides is 1. The number of nitrogens with one attached hydrogen (secondary N) is 2. The van der Waals surface area contributed by atoms with Crippen LogP contribution in [0.1, 0.15) is 36.5 Å². The first-order valence-electron chi connectivity index (χ1n) is 9.32. The normalized spacial score (nSPS) is 11.1. The van der Waals surface area contributed by atoms with E-state index in [-0.39, 0.29) is 24.7 Å². The molecule has 0 bridgehead atoms. The van der Waals surface area contributed by atoms with Crippen molar-refractivity contribution in [3.63, 3.8) is 0 Å². The molecule has 6 nitrogen and oxygen atoms in total. The van der Waals surface area contributed by atoms with E-state index in [1.165, 1.54) is 0 Å². The van der Waals surface area contributed by atoms with E-state index in [1.54, 1.807) is 25.1 Å². The van der Waals surface area contributed by atoms with E-state index in [1.807, 2.05) is 39.0 Å². The van der Waals surface area contributed by atoms with Crippen LogP contribution in [0.5, 0.6) is 5.75 Å². The molecule has 0 aromatic heterocycles. The van der Waals surface area contributed by atoms with Gasteiger partial charge in [0.05, 0.1) is 24.5 Å². The van der Waals surface area contributed by atoms with Crippen molar-refractivity contribution < 1.29 is 17.9 Å². The van der Waals surface area contributed by atoms with E-state index >= 15 is 0 Å². The molecule has 0 saturated heterocycles. The van der Waals surface area contributed by atoms with Gasteiger partial charge in [0.15, 0.2) is 0 Å². The summed E-state index contributed by atoms with van der Waals surface area (Å²) in [7, 11) is -3.39. The maximum absolute atomic E-state index is 12.3. The van der Waals surface area contributed by atoms with Crippen molar-refractivity contribution in [2.75, 3.05) is 22.4 Å². The van der Waals surface area contributed by atoms with Gasteiger partial charge in [-0.2, -0.15) is 0 Å². The number of hydrogen-bond acceptors (Lipinski definition) is 4. The molecule has 0 atom stereocenters. The Morgan fingerprint density at radius 2 is 1.68 bits per heavy atom. The number of ether oxygens (including phenoxy) is 1. The predicted molar refractivity (Wildman–Crippen MR) is 114 cm³/mol. The van der Waals surface area contributed by atoms with E-state index < -0.39 is 10.0 Å². The average molecular weight is 405 g/mol. The van der Waals surface area contributed by atoms with Crippen molar-refractivity contribution in [1.29, 1.82) is 0 Å². The topological polar surface area (TPSA) is 84.5 Å². The number of carbonyl (C=O) groups is 1. The number of carbonyl (C=O) groups excluding carboxylic acids is 1. The van der Waals surface area contributed by atoms with Gasteiger partial charge in [-0.3, -0.25) is 9.52 Å². The summed E-state index contributed by atoms with van der Waals surface area (Å²) in [5.41, 5.74) is 3.92. The van der Waals surface area contributed by atoms with Crippen LogP contribution in [0.3, 0.4) is 0 Å². The zero-order valence-corrected chi connectivity index (χ0v) is 17.7. The van der Waals surface area contributed by atoms with Crippen molar-refractivity contribution in [2.45, 2.75) is 40.5 Å². The lowest BCUT2D eigenvalue weighted by atomic mass is 10.1. The molecule has 0 aliphatic carbocycles. The Kier molecular flexibility index (Phi) is 7.45. The molecule has 0 aliphatic rings. The lowest BCUT2D eigenvalue weighted by Gasteiger charge is -2.15. The van der Waals surface area contributed by atoms with Crippen LogP contribution in [0.2, 0.25) is 0 Å². The molecule has 7 heteroatoms. The first kappa shape index (κ1) is 21.8. The van der Waals surface area contributed by atoms with Gasteiger partial charge in [-0.1, -0.05) is 25.1 Å². The second-order valence-electron chi connectivity index (χ2n) is 6.74. The highest BCUT2D eigenvalue weighted by Crippen LogP contribution is 2.25. The van der Waals surface area contributed by atoms with Crippen LogP contribution in [0.25, 0.3) is 0 Å². The zero-order chi connectivity index (χ0) is 20.7. The molecular formula is C21H28N2O4S. The zero-order valence-electron chi connectivity index (χ0n) is 16.8. The SMILES string of the molecule is CCCS(=O)(=O)Nc1cccc(NC(=O)CCOc2cccc(C)c2C)c1C. The van der Waals surface area contributed by atoms with Crippen molar-refractivity contribution in [2.24, 2.45) is 0 Å². The van der Waals surface area contributed by atoms with Crippen LogP contribution in [0.4, 0.5) is 11.4 Å². The van der Waals surface area contributed by atoms with Crippen molar-refractivity contribution in [3.8, 4) is 5.75 Å². The minimum Gasteiger partial charge on any atom is -0.493 e. The highest BCUT2D eigenvalue weighted by molar-refractivity contribution is 7.92. The van der Waals surface area contributed by atoms with Gasteiger partial charge in [0.1, 0.15) is 5.75 Å². The Morgan fingerprint density at radius 1 is 1.00 bits per heavy atom. The molecule has 2 aromatic carbocycles. The van der Waals surface area contributed by atoms with Crippen LogP contribution in [-0.2, 0) is 14.8 Å². The standard InChI is InChI=1S/C21H28N2O4S/c1-5-14-28(25,26)23-19-10-7-9-18(17(19)4)22-21(24)12-13-27-20-11-6-8-15(2)16(20)3/h6-11,23H,5,12-14H2,1-4H3,(H,22,24). The second-order valence-corrected chi connectivity index (χ2v) is 8.59. The Morgan fingerprint density at radius 3 is 2.39 bits per heavy atom. The van der Waals surface area contributed by atoms with E-state index in [0.29, 0.717) is 23.4 Å². The van der Waals surface area contributed by atoms with Gasteiger partial charge in [0, 0.05) is 5.69 Å². The Labute approximate surface area is 167 Å². The van der Waals surface area contributed by atoms with E-state index in [0.717, 1.165) is 16.9 Å². The third-order valence-electron chi connectivity index (χ3n) is 4.49. The Balaban J connectivity index is 1.96. The molecule has 0 radical (unpaired) electrons. The number of rotatable bonds is 9. The van der Waals surface area contributed by atoms with Gasteiger partial charge in [-0.05, 0) is 62.1 Å². The molecule has 2 rings (SSSR count). The maximum atomic E-state index is 12.3. The van der Waals surface area contributed by atoms with Crippen LogP contribution >= 0.6 is 0 Å². The van der Waals surface area contributed by atoms with Gasteiger partial charge in [0.25, 0.3) is 0 Å². The van der Waals surface area contributed by atoms with Gasteiger partial charge in [0.2, 0.25) is 15.9 Å². The molecule has 0 heterocycles. The summed E-state index contributed by atoms with van der Waals surface area (Å²) in [6.45, 7) is 7.84. The first-order valence-corrected chi connectivity index (χ1v) is 11.0. The van der Waals surface area contributed by atoms with Crippen molar-refractivity contribution in [1.82, 2.24) is 0 Å². The summed E-state index contributed by atoms with van der Waals surface area (Å²) in [5, 5.41) is 2.83. The molecule has 1 amide bonds. The smallest absolute Gasteiger partial charge is 0.232 e. The van der Waals surface area contributed by atoms with E-state index in [9.17, 15) is 13.2 Å².